The lowest BCUT2D eigenvalue weighted by molar-refractivity contribution is -0.168. The zero-order chi connectivity index (χ0) is 47.8. The van der Waals surface area contributed by atoms with Crippen molar-refractivity contribution in [1.82, 2.24) is 0 Å². The molecule has 0 aliphatic heterocycles. The van der Waals surface area contributed by atoms with E-state index in [0.29, 0.717) is 35.5 Å². The third-order valence-electron chi connectivity index (χ3n) is 9.85. The molecule has 354 valence electrons. The number of halogens is 2. The fourth-order valence-electron chi connectivity index (χ4n) is 6.14. The number of rotatable bonds is 27. The minimum absolute atomic E-state index is 0.304. The molecular formula is C48H52Br2O16. The Morgan fingerprint density at radius 1 is 0.409 bits per heavy atom. The van der Waals surface area contributed by atoms with Gasteiger partial charge in [-0.05, 0) is 96.5 Å². The lowest BCUT2D eigenvalue weighted by atomic mass is 9.98. The van der Waals surface area contributed by atoms with Crippen molar-refractivity contribution in [3.8, 4) is 11.5 Å². The molecule has 0 saturated carbocycles. The van der Waals surface area contributed by atoms with Crippen LogP contribution < -0.4 is 9.47 Å². The summed E-state index contributed by atoms with van der Waals surface area (Å²) in [7, 11) is 0. The number of alkyl halides is 2. The van der Waals surface area contributed by atoms with Crippen molar-refractivity contribution in [2.45, 2.75) is 77.0 Å². The monoisotopic (exact) mass is 1040 g/mol. The van der Waals surface area contributed by atoms with Crippen LogP contribution in [-0.4, -0.2) is 98.1 Å². The van der Waals surface area contributed by atoms with Crippen molar-refractivity contribution < 1.29 is 76.3 Å². The molecule has 0 spiro atoms. The first-order valence-electron chi connectivity index (χ1n) is 21.3. The van der Waals surface area contributed by atoms with E-state index >= 15 is 0 Å². The minimum atomic E-state index is -0.999. The molecule has 0 aliphatic rings. The number of hydrogen-bond donors (Lipinski definition) is 0. The van der Waals surface area contributed by atoms with Crippen LogP contribution in [0.15, 0.2) is 72.8 Å². The van der Waals surface area contributed by atoms with Crippen LogP contribution in [-0.2, 0) is 66.8 Å². The first-order valence-corrected chi connectivity index (χ1v) is 23.6. The van der Waals surface area contributed by atoms with E-state index in [0.717, 1.165) is 70.7 Å². The number of fused-ring (bicyclic) bond motifs is 2. The van der Waals surface area contributed by atoms with Gasteiger partial charge in [-0.25, -0.2) is 19.2 Å². The maximum absolute atomic E-state index is 12.7. The van der Waals surface area contributed by atoms with E-state index in [9.17, 15) is 38.4 Å². The number of unbranched alkanes of at least 4 members (excludes halogenated alkanes) is 4. The van der Waals surface area contributed by atoms with Crippen LogP contribution in [0.1, 0.15) is 88.2 Å². The quantitative estimate of drug-likeness (QED) is 0.0183. The normalized spacial score (nSPS) is 11.8. The Balaban J connectivity index is 1.05. The highest BCUT2D eigenvalue weighted by atomic mass is 79.9. The largest absolute Gasteiger partial charge is 0.460 e. The summed E-state index contributed by atoms with van der Waals surface area (Å²) in [6.07, 6.45) is 5.99. The highest BCUT2D eigenvalue weighted by Crippen LogP contribution is 2.28. The van der Waals surface area contributed by atoms with Gasteiger partial charge >= 0.3 is 47.8 Å². The van der Waals surface area contributed by atoms with E-state index in [1.807, 2.05) is 0 Å². The van der Waals surface area contributed by atoms with Gasteiger partial charge in [-0.15, -0.1) is 0 Å². The summed E-state index contributed by atoms with van der Waals surface area (Å²) in [5.41, 5.74) is 1.24. The fraction of sp³-hybridized carbons (Fsp3) is 0.417. The summed E-state index contributed by atoms with van der Waals surface area (Å²) in [6, 6.07) is 21.0. The average Bonchev–Trinajstić information content (AvgIpc) is 3.31. The topological polar surface area (TPSA) is 210 Å². The molecule has 0 aliphatic carbocycles. The highest BCUT2D eigenvalue weighted by molar-refractivity contribution is 9.09. The third kappa shape index (κ3) is 18.5. The van der Waals surface area contributed by atoms with Crippen molar-refractivity contribution in [2.24, 2.45) is 0 Å². The molecule has 0 fully saturated rings. The molecule has 0 radical (unpaired) electrons. The highest BCUT2D eigenvalue weighted by Gasteiger charge is 2.22. The molecule has 0 aromatic heterocycles. The van der Waals surface area contributed by atoms with Crippen LogP contribution in [0.3, 0.4) is 0 Å². The van der Waals surface area contributed by atoms with Crippen molar-refractivity contribution >= 4 is 101 Å². The van der Waals surface area contributed by atoms with Crippen LogP contribution in [0, 0.1) is 0 Å². The molecule has 16 nitrogen and oxygen atoms in total. The van der Waals surface area contributed by atoms with Crippen LogP contribution >= 0.6 is 31.9 Å². The molecule has 66 heavy (non-hydrogen) atoms. The van der Waals surface area contributed by atoms with Crippen LogP contribution in [0.4, 0.5) is 0 Å². The molecule has 4 aromatic rings. The number of carbonyl (C=O) groups excluding carboxylic acids is 8. The van der Waals surface area contributed by atoms with Gasteiger partial charge in [-0.3, -0.25) is 19.2 Å². The van der Waals surface area contributed by atoms with Crippen LogP contribution in [0.25, 0.3) is 21.5 Å². The van der Waals surface area contributed by atoms with Crippen molar-refractivity contribution in [3.05, 3.63) is 83.9 Å². The van der Waals surface area contributed by atoms with Crippen molar-refractivity contribution in [2.75, 3.05) is 50.3 Å². The summed E-state index contributed by atoms with van der Waals surface area (Å²) in [5.74, 6) is -6.60. The Hall–Kier alpha value is -5.88. The molecule has 2 atom stereocenters. The summed E-state index contributed by atoms with van der Waals surface area (Å²) < 4.78 is 40.3. The van der Waals surface area contributed by atoms with Crippen molar-refractivity contribution in [1.29, 1.82) is 0 Å². The van der Waals surface area contributed by atoms with Crippen LogP contribution in [0.5, 0.6) is 11.5 Å². The molecule has 4 rings (SSSR count). The Kier molecular flexibility index (Phi) is 22.6. The first kappa shape index (κ1) is 52.7. The molecule has 18 heteroatoms. The van der Waals surface area contributed by atoms with Gasteiger partial charge in [0.15, 0.2) is 26.4 Å². The van der Waals surface area contributed by atoms with Gasteiger partial charge in [0.05, 0.1) is 11.8 Å². The van der Waals surface area contributed by atoms with E-state index in [1.165, 1.54) is 0 Å². The smallest absolute Gasteiger partial charge is 0.344 e. The van der Waals surface area contributed by atoms with Gasteiger partial charge < -0.3 is 37.9 Å². The Morgan fingerprint density at radius 3 is 1.15 bits per heavy atom. The van der Waals surface area contributed by atoms with E-state index in [4.69, 9.17) is 37.9 Å². The Morgan fingerprint density at radius 2 is 0.758 bits per heavy atom. The second-order valence-corrected chi connectivity index (χ2v) is 16.5. The zero-order valence-corrected chi connectivity index (χ0v) is 39.9. The van der Waals surface area contributed by atoms with Crippen molar-refractivity contribution in [3.63, 3.8) is 0 Å². The summed E-state index contributed by atoms with van der Waals surface area (Å²) >= 11 is 6.74. The van der Waals surface area contributed by atoms with Crippen LogP contribution in [0.2, 0.25) is 0 Å². The molecule has 4 aromatic carbocycles. The second-order valence-electron chi connectivity index (χ2n) is 14.9. The maximum atomic E-state index is 12.7. The summed E-state index contributed by atoms with van der Waals surface area (Å²) in [6.45, 7) is -0.707. The molecule has 0 heterocycles. The van der Waals surface area contributed by atoms with Gasteiger partial charge in [0.1, 0.15) is 24.7 Å². The fourth-order valence-corrected chi connectivity index (χ4v) is 6.93. The van der Waals surface area contributed by atoms with E-state index in [-0.39, 0.29) is 11.9 Å². The Bertz CT molecular complexity index is 2170. The second kappa shape index (κ2) is 28.2. The standard InChI is InChI=1S/C48H52Br2O16/c1-31(33-11-13-37-25-39(17-15-35(37)23-33)65-41(51)9-5-3-7-19-49)47(57)63-29-45(55)61-27-43(53)59-21-22-60-44(54)28-62-46(56)30-64-48(58)32(2)34-12-14-38-26-40(18-16-36(38)24-34)66-42(52)10-6-4-8-20-50/h11-18,23-26,31-32H,3-10,19-22,27-30H2,1-2H3. The predicted molar refractivity (Wildman–Crippen MR) is 246 cm³/mol. The SMILES string of the molecule is CC(C(=O)OCC(=O)OCC(=O)OCCOC(=O)COC(=O)COC(=O)C(C)c1ccc2cc(OC(=O)CCCCCBr)ccc2c1)c1ccc2cc(OC(=O)CCCCCBr)ccc2c1. The van der Waals surface area contributed by atoms with Gasteiger partial charge in [0.2, 0.25) is 0 Å². The molecule has 0 N–H and O–H groups in total. The summed E-state index contributed by atoms with van der Waals surface area (Å²) in [4.78, 5) is 97.9. The predicted octanol–water partition coefficient (Wildman–Crippen LogP) is 7.88. The number of benzene rings is 4. The molecular weight excluding hydrogens is 992 g/mol. The average molecular weight is 1040 g/mol. The van der Waals surface area contributed by atoms with Gasteiger partial charge in [0.25, 0.3) is 0 Å². The first-order chi connectivity index (χ1) is 31.8. The zero-order valence-electron chi connectivity index (χ0n) is 36.7. The van der Waals surface area contributed by atoms with E-state index in [1.54, 1.807) is 86.6 Å². The minimum Gasteiger partial charge on any atom is -0.460 e. The summed E-state index contributed by atoms with van der Waals surface area (Å²) in [5, 5.41) is 4.97. The Labute approximate surface area is 398 Å². The van der Waals surface area contributed by atoms with E-state index < -0.39 is 87.3 Å². The molecule has 0 amide bonds. The van der Waals surface area contributed by atoms with Gasteiger partial charge in [0, 0.05) is 23.5 Å². The van der Waals surface area contributed by atoms with E-state index in [2.05, 4.69) is 31.9 Å². The molecule has 2 unspecified atom stereocenters. The molecule has 0 saturated heterocycles. The number of hydrogen-bond acceptors (Lipinski definition) is 16. The third-order valence-corrected chi connectivity index (χ3v) is 11.0. The molecule has 0 bridgehead atoms. The van der Waals surface area contributed by atoms with Gasteiger partial charge in [-0.1, -0.05) is 93.2 Å². The number of esters is 8. The number of ether oxygens (including phenoxy) is 8. The maximum Gasteiger partial charge on any atom is 0.344 e. The van der Waals surface area contributed by atoms with Gasteiger partial charge in [-0.2, -0.15) is 0 Å². The number of carbonyl (C=O) groups is 8. The lowest BCUT2D eigenvalue weighted by Gasteiger charge is -2.13. The lowest BCUT2D eigenvalue weighted by Crippen LogP contribution is -2.25.